The summed E-state index contributed by atoms with van der Waals surface area (Å²) in [5, 5.41) is 5.55. The number of urea groups is 1. The van der Waals surface area contributed by atoms with Crippen LogP contribution in [-0.2, 0) is 9.53 Å². The molecule has 152 valence electrons. The van der Waals surface area contributed by atoms with Crippen molar-refractivity contribution in [3.05, 3.63) is 65.2 Å². The van der Waals surface area contributed by atoms with Crippen LogP contribution in [0.1, 0.15) is 31.0 Å². The first-order valence-electron chi connectivity index (χ1n) is 9.24. The molecule has 3 rings (SSSR count). The van der Waals surface area contributed by atoms with E-state index in [1.54, 1.807) is 31.4 Å². The molecule has 0 fully saturated rings. The van der Waals surface area contributed by atoms with Crippen LogP contribution >= 0.6 is 0 Å². The zero-order valence-corrected chi connectivity index (χ0v) is 16.8. The number of benzene rings is 2. The van der Waals surface area contributed by atoms with Crippen LogP contribution in [0.5, 0.6) is 11.5 Å². The molecule has 2 aromatic rings. The van der Waals surface area contributed by atoms with Gasteiger partial charge >= 0.3 is 12.0 Å². The highest BCUT2D eigenvalue weighted by Crippen LogP contribution is 2.33. The Balaban J connectivity index is 2.11. The van der Waals surface area contributed by atoms with Crippen molar-refractivity contribution in [3.63, 3.8) is 0 Å². The van der Waals surface area contributed by atoms with Crippen molar-refractivity contribution < 1.29 is 23.8 Å². The van der Waals surface area contributed by atoms with Crippen LogP contribution in [0.4, 0.5) is 4.79 Å². The average molecular weight is 396 g/mol. The van der Waals surface area contributed by atoms with Crippen LogP contribution in [0.3, 0.4) is 0 Å². The van der Waals surface area contributed by atoms with E-state index in [0.717, 1.165) is 0 Å². The summed E-state index contributed by atoms with van der Waals surface area (Å²) in [5.41, 5.74) is 2.08. The predicted octanol–water partition coefficient (Wildman–Crippen LogP) is 3.42. The number of carbonyl (C=O) groups is 2. The second kappa shape index (κ2) is 8.68. The van der Waals surface area contributed by atoms with E-state index >= 15 is 0 Å². The molecule has 2 amide bonds. The molecular weight excluding hydrogens is 372 g/mol. The average Bonchev–Trinajstić information content (AvgIpc) is 2.72. The number of rotatable bonds is 6. The Hall–Kier alpha value is -3.48. The molecule has 1 aliphatic rings. The molecule has 0 saturated heterocycles. The number of hydrogen-bond acceptors (Lipinski definition) is 5. The predicted molar refractivity (Wildman–Crippen MR) is 109 cm³/mol. The lowest BCUT2D eigenvalue weighted by atomic mass is 9.92. The molecule has 1 aliphatic heterocycles. The molecule has 7 nitrogen and oxygen atoms in total. The molecule has 1 unspecified atom stereocenters. The molecule has 0 spiro atoms. The van der Waals surface area contributed by atoms with Gasteiger partial charge in [0.25, 0.3) is 0 Å². The fraction of sp³-hybridized carbons (Fsp3) is 0.273. The Morgan fingerprint density at radius 1 is 1.03 bits per heavy atom. The van der Waals surface area contributed by atoms with Gasteiger partial charge in [-0.1, -0.05) is 12.1 Å². The highest BCUT2D eigenvalue weighted by atomic mass is 16.5. The van der Waals surface area contributed by atoms with E-state index in [2.05, 4.69) is 10.6 Å². The van der Waals surface area contributed by atoms with Crippen molar-refractivity contribution in [2.75, 3.05) is 14.2 Å². The number of methoxy groups -OCH3 is 2. The summed E-state index contributed by atoms with van der Waals surface area (Å²) in [6, 6.07) is 13.3. The maximum Gasteiger partial charge on any atom is 0.338 e. The molecule has 0 radical (unpaired) electrons. The van der Waals surface area contributed by atoms with Crippen molar-refractivity contribution >= 4 is 17.7 Å². The summed E-state index contributed by atoms with van der Waals surface area (Å²) in [6.45, 7) is 3.86. The lowest BCUT2D eigenvalue weighted by molar-refractivity contribution is -0.136. The van der Waals surface area contributed by atoms with Gasteiger partial charge in [0.15, 0.2) is 0 Å². The van der Waals surface area contributed by atoms with Crippen LogP contribution in [0, 0.1) is 0 Å². The molecule has 0 bridgehead atoms. The number of carbonyl (C=O) groups excluding carboxylic acids is 2. The Kier molecular flexibility index (Phi) is 6.07. The fourth-order valence-corrected chi connectivity index (χ4v) is 3.17. The normalized spacial score (nSPS) is 16.2. The highest BCUT2D eigenvalue weighted by molar-refractivity contribution is 6.04. The van der Waals surface area contributed by atoms with E-state index < -0.39 is 18.0 Å². The van der Waals surface area contributed by atoms with Crippen molar-refractivity contribution in [2.45, 2.75) is 26.0 Å². The molecule has 0 aliphatic carbocycles. The van der Waals surface area contributed by atoms with Crippen molar-refractivity contribution in [2.24, 2.45) is 0 Å². The fourth-order valence-electron chi connectivity index (χ4n) is 3.17. The summed E-state index contributed by atoms with van der Waals surface area (Å²) in [6.07, 6.45) is -0.00153. The summed E-state index contributed by atoms with van der Waals surface area (Å²) in [4.78, 5) is 25.1. The van der Waals surface area contributed by atoms with E-state index in [1.807, 2.05) is 38.1 Å². The Morgan fingerprint density at radius 3 is 2.38 bits per heavy atom. The largest absolute Gasteiger partial charge is 0.497 e. The SMILES string of the molecule is COC(=O)C1=C(c2ccc(OC)cc2)NC(=O)NC1c1cccc(OC(C)C)c1. The van der Waals surface area contributed by atoms with E-state index in [1.165, 1.54) is 7.11 Å². The second-order valence-corrected chi connectivity index (χ2v) is 6.78. The zero-order valence-electron chi connectivity index (χ0n) is 16.8. The quantitative estimate of drug-likeness (QED) is 0.731. The van der Waals surface area contributed by atoms with Gasteiger partial charge in [-0.3, -0.25) is 0 Å². The van der Waals surface area contributed by atoms with Crippen LogP contribution in [0.15, 0.2) is 54.1 Å². The topological polar surface area (TPSA) is 85.9 Å². The number of hydrogen-bond donors (Lipinski definition) is 2. The standard InChI is InChI=1S/C22H24N2O5/c1-13(2)29-17-7-5-6-15(12-17)20-18(21(25)28-4)19(23-22(26)24-20)14-8-10-16(27-3)11-9-14/h5-13,20H,1-4H3,(H2,23,24,26). The lowest BCUT2D eigenvalue weighted by Gasteiger charge is -2.29. The van der Waals surface area contributed by atoms with Crippen molar-refractivity contribution in [3.8, 4) is 11.5 Å². The Morgan fingerprint density at radius 2 is 1.76 bits per heavy atom. The minimum Gasteiger partial charge on any atom is -0.497 e. The van der Waals surface area contributed by atoms with Crippen LogP contribution in [0.25, 0.3) is 5.70 Å². The van der Waals surface area contributed by atoms with Gasteiger partial charge in [0.2, 0.25) is 0 Å². The van der Waals surface area contributed by atoms with Gasteiger partial charge in [-0.2, -0.15) is 0 Å². The van der Waals surface area contributed by atoms with E-state index in [0.29, 0.717) is 33.9 Å². The zero-order chi connectivity index (χ0) is 21.0. The maximum atomic E-state index is 12.7. The highest BCUT2D eigenvalue weighted by Gasteiger charge is 2.34. The van der Waals surface area contributed by atoms with Crippen LogP contribution in [-0.4, -0.2) is 32.3 Å². The molecule has 7 heteroatoms. The molecular formula is C22H24N2O5. The minimum absolute atomic E-state index is 0.00153. The van der Waals surface area contributed by atoms with Gasteiger partial charge in [0.05, 0.1) is 37.6 Å². The van der Waals surface area contributed by atoms with E-state index in [-0.39, 0.29) is 6.10 Å². The molecule has 29 heavy (non-hydrogen) atoms. The van der Waals surface area contributed by atoms with Crippen LogP contribution < -0.4 is 20.1 Å². The molecule has 1 atom stereocenters. The number of nitrogens with one attached hydrogen (secondary N) is 2. The molecule has 2 N–H and O–H groups in total. The Bertz CT molecular complexity index is 934. The van der Waals surface area contributed by atoms with Gasteiger partial charge in [-0.25, -0.2) is 9.59 Å². The number of amides is 2. The van der Waals surface area contributed by atoms with Gasteiger partial charge in [0, 0.05) is 0 Å². The molecule has 0 saturated carbocycles. The summed E-state index contributed by atoms with van der Waals surface area (Å²) in [5.74, 6) is 0.785. The summed E-state index contributed by atoms with van der Waals surface area (Å²) >= 11 is 0. The van der Waals surface area contributed by atoms with E-state index in [4.69, 9.17) is 14.2 Å². The van der Waals surface area contributed by atoms with Crippen molar-refractivity contribution in [1.29, 1.82) is 0 Å². The first kappa shape index (κ1) is 20.3. The second-order valence-electron chi connectivity index (χ2n) is 6.78. The smallest absolute Gasteiger partial charge is 0.338 e. The maximum absolute atomic E-state index is 12.7. The first-order valence-corrected chi connectivity index (χ1v) is 9.24. The lowest BCUT2D eigenvalue weighted by Crippen LogP contribution is -2.45. The number of esters is 1. The monoisotopic (exact) mass is 396 g/mol. The van der Waals surface area contributed by atoms with E-state index in [9.17, 15) is 9.59 Å². The third-order valence-electron chi connectivity index (χ3n) is 4.42. The molecule has 0 aromatic heterocycles. The summed E-state index contributed by atoms with van der Waals surface area (Å²) in [7, 11) is 2.88. The Labute approximate surface area is 169 Å². The van der Waals surface area contributed by atoms with Crippen LogP contribution in [0.2, 0.25) is 0 Å². The van der Waals surface area contributed by atoms with Gasteiger partial charge in [-0.05, 0) is 61.4 Å². The third-order valence-corrected chi connectivity index (χ3v) is 4.42. The summed E-state index contributed by atoms with van der Waals surface area (Å²) < 4.78 is 16.0. The molecule has 1 heterocycles. The first-order chi connectivity index (χ1) is 13.9. The minimum atomic E-state index is -0.691. The van der Waals surface area contributed by atoms with Gasteiger partial charge in [0.1, 0.15) is 11.5 Å². The van der Waals surface area contributed by atoms with Gasteiger partial charge in [-0.15, -0.1) is 0 Å². The van der Waals surface area contributed by atoms with Crippen molar-refractivity contribution in [1.82, 2.24) is 10.6 Å². The van der Waals surface area contributed by atoms with Gasteiger partial charge < -0.3 is 24.8 Å². The molecule has 2 aromatic carbocycles. The third kappa shape index (κ3) is 4.51. The number of ether oxygens (including phenoxy) is 3.